The van der Waals surface area contributed by atoms with E-state index in [1.807, 2.05) is 0 Å². The van der Waals surface area contributed by atoms with E-state index in [1.165, 1.54) is 89.9 Å². The smallest absolute Gasteiger partial charge is 0.303 e. The third kappa shape index (κ3) is 28.2. The Hall–Kier alpha value is -1.89. The molecule has 3 N–H and O–H groups in total. The second-order valence-electron chi connectivity index (χ2n) is 12.4. The predicted molar refractivity (Wildman–Crippen MR) is 173 cm³/mol. The van der Waals surface area contributed by atoms with Crippen LogP contribution in [0.25, 0.3) is 0 Å². The summed E-state index contributed by atoms with van der Waals surface area (Å²) in [5.41, 5.74) is 0. The fraction of sp³-hybridized carbons (Fsp3) is 0.857. The summed E-state index contributed by atoms with van der Waals surface area (Å²) in [6, 6.07) is 0. The fourth-order valence-corrected chi connectivity index (χ4v) is 5.88. The zero-order valence-electron chi connectivity index (χ0n) is 27.2. The highest BCUT2D eigenvalue weighted by Gasteiger charge is 2.26. The molecule has 0 saturated carbocycles. The SMILES string of the molecule is CCCCCCCCCCCCCCCC/C=C/CC[N+](CCCCC(=O)O)(CCCCC(=O)O)CCCCC(=O)O. The Morgan fingerprint density at radius 3 is 1.12 bits per heavy atom. The first-order valence-corrected chi connectivity index (χ1v) is 17.5. The summed E-state index contributed by atoms with van der Waals surface area (Å²) in [6.07, 6.45) is 30.6. The monoisotopic (exact) mass is 596 g/mol. The molecule has 0 aromatic rings. The van der Waals surface area contributed by atoms with Crippen molar-refractivity contribution in [1.29, 1.82) is 0 Å². The molecule has 0 atom stereocenters. The first-order valence-electron chi connectivity index (χ1n) is 17.5. The topological polar surface area (TPSA) is 112 Å². The van der Waals surface area contributed by atoms with Crippen LogP contribution in [0, 0.1) is 0 Å². The molecule has 42 heavy (non-hydrogen) atoms. The summed E-state index contributed by atoms with van der Waals surface area (Å²) in [5, 5.41) is 27.1. The predicted octanol–water partition coefficient (Wildman–Crippen LogP) is 9.39. The van der Waals surface area contributed by atoms with Gasteiger partial charge in [-0.15, -0.1) is 0 Å². The zero-order chi connectivity index (χ0) is 31.2. The lowest BCUT2D eigenvalue weighted by molar-refractivity contribution is -0.928. The Morgan fingerprint density at radius 1 is 0.429 bits per heavy atom. The van der Waals surface area contributed by atoms with Crippen LogP contribution in [0.1, 0.15) is 167 Å². The number of allylic oxidation sites excluding steroid dienone is 1. The van der Waals surface area contributed by atoms with Gasteiger partial charge in [0.1, 0.15) is 0 Å². The molecule has 246 valence electrons. The summed E-state index contributed by atoms with van der Waals surface area (Å²) in [5.74, 6) is -2.33. The van der Waals surface area contributed by atoms with Crippen LogP contribution in [0.5, 0.6) is 0 Å². The van der Waals surface area contributed by atoms with Gasteiger partial charge in [0.15, 0.2) is 0 Å². The van der Waals surface area contributed by atoms with Crippen LogP contribution in [0.3, 0.4) is 0 Å². The minimum atomic E-state index is -0.776. The third-order valence-corrected chi connectivity index (χ3v) is 8.48. The summed E-state index contributed by atoms with van der Waals surface area (Å²) in [7, 11) is 0. The van der Waals surface area contributed by atoms with Gasteiger partial charge in [-0.05, 0) is 51.4 Å². The van der Waals surface area contributed by atoms with Crippen molar-refractivity contribution in [2.45, 2.75) is 167 Å². The molecule has 0 rings (SSSR count). The molecule has 0 spiro atoms. The van der Waals surface area contributed by atoms with Crippen molar-refractivity contribution in [2.75, 3.05) is 26.2 Å². The fourth-order valence-electron chi connectivity index (χ4n) is 5.88. The molecule has 0 saturated heterocycles. The van der Waals surface area contributed by atoms with Gasteiger partial charge in [-0.2, -0.15) is 0 Å². The molecule has 0 aliphatic rings. The van der Waals surface area contributed by atoms with Crippen molar-refractivity contribution in [2.24, 2.45) is 0 Å². The average Bonchev–Trinajstić information content (AvgIpc) is 2.94. The van der Waals surface area contributed by atoms with Crippen LogP contribution >= 0.6 is 0 Å². The van der Waals surface area contributed by atoms with E-state index >= 15 is 0 Å². The number of carbonyl (C=O) groups is 3. The number of carboxylic acid groups (broad SMARTS) is 3. The molecule has 0 aromatic heterocycles. The van der Waals surface area contributed by atoms with E-state index in [0.29, 0.717) is 19.3 Å². The average molecular weight is 597 g/mol. The lowest BCUT2D eigenvalue weighted by atomic mass is 10.0. The van der Waals surface area contributed by atoms with Crippen LogP contribution in [0.4, 0.5) is 0 Å². The van der Waals surface area contributed by atoms with E-state index in [0.717, 1.165) is 62.8 Å². The minimum Gasteiger partial charge on any atom is -0.481 e. The summed E-state index contributed by atoms with van der Waals surface area (Å²) in [6.45, 7) is 5.79. The van der Waals surface area contributed by atoms with Gasteiger partial charge in [-0.3, -0.25) is 14.4 Å². The number of aliphatic carboxylic acids is 3. The Kier molecular flexibility index (Phi) is 27.9. The molecule has 0 aromatic carbocycles. The highest BCUT2D eigenvalue weighted by Crippen LogP contribution is 2.19. The highest BCUT2D eigenvalue weighted by molar-refractivity contribution is 5.67. The van der Waals surface area contributed by atoms with Gasteiger partial charge in [0, 0.05) is 25.7 Å². The van der Waals surface area contributed by atoms with Gasteiger partial charge >= 0.3 is 17.9 Å². The lowest BCUT2D eigenvalue weighted by Crippen LogP contribution is -2.50. The van der Waals surface area contributed by atoms with Gasteiger partial charge in [0.25, 0.3) is 0 Å². The normalized spacial score (nSPS) is 11.8. The maximum absolute atomic E-state index is 11.0. The van der Waals surface area contributed by atoms with E-state index in [4.69, 9.17) is 15.3 Å². The third-order valence-electron chi connectivity index (χ3n) is 8.48. The maximum Gasteiger partial charge on any atom is 0.303 e. The number of quaternary nitrogens is 1. The number of unbranched alkanes of at least 4 members (excludes halogenated alkanes) is 17. The van der Waals surface area contributed by atoms with E-state index in [2.05, 4.69) is 19.1 Å². The first-order chi connectivity index (χ1) is 20.3. The number of hydrogen-bond acceptors (Lipinski definition) is 3. The van der Waals surface area contributed by atoms with Crippen LogP contribution < -0.4 is 0 Å². The molecule has 0 radical (unpaired) electrons. The van der Waals surface area contributed by atoms with Gasteiger partial charge in [0.2, 0.25) is 0 Å². The summed E-state index contributed by atoms with van der Waals surface area (Å²) >= 11 is 0. The molecular weight excluding hydrogens is 530 g/mol. The van der Waals surface area contributed by atoms with Crippen LogP contribution in [0.2, 0.25) is 0 Å². The molecule has 0 unspecified atom stereocenters. The number of nitrogens with zero attached hydrogens (tertiary/aromatic N) is 1. The number of hydrogen-bond donors (Lipinski definition) is 3. The molecule has 0 heterocycles. The van der Waals surface area contributed by atoms with Gasteiger partial charge in [-0.25, -0.2) is 0 Å². The van der Waals surface area contributed by atoms with Crippen molar-refractivity contribution < 1.29 is 34.2 Å². The van der Waals surface area contributed by atoms with E-state index in [-0.39, 0.29) is 19.3 Å². The Balaban J connectivity index is 4.40. The molecule has 0 aliphatic heterocycles. The Labute approximate surface area is 257 Å². The van der Waals surface area contributed by atoms with Gasteiger partial charge in [-0.1, -0.05) is 103 Å². The number of carboxylic acids is 3. The molecule has 0 fully saturated rings. The zero-order valence-corrected chi connectivity index (χ0v) is 27.2. The van der Waals surface area contributed by atoms with Gasteiger partial charge in [0.05, 0.1) is 26.2 Å². The first kappa shape index (κ1) is 40.1. The molecular formula is C35H66NO6+. The maximum atomic E-state index is 11.0. The van der Waals surface area contributed by atoms with E-state index in [9.17, 15) is 14.4 Å². The van der Waals surface area contributed by atoms with E-state index in [1.54, 1.807) is 0 Å². The van der Waals surface area contributed by atoms with E-state index < -0.39 is 17.9 Å². The quantitative estimate of drug-likeness (QED) is 0.0395. The standard InChI is InChI=1S/C35H65NO6/c1-2-3-4-5-6-7-8-9-10-11-12-13-14-15-16-17-18-22-29-36(30-23-19-26-33(37)38,31-24-20-27-34(39)40)32-25-21-28-35(41)42/h17-18H,2-16,19-32H2,1H3,(H2-,37,38,39,40,41,42)/p+1/b18-17+. The second-order valence-corrected chi connectivity index (χ2v) is 12.4. The molecule has 0 aliphatic carbocycles. The Bertz CT molecular complexity index is 638. The van der Waals surface area contributed by atoms with Crippen molar-refractivity contribution >= 4 is 17.9 Å². The van der Waals surface area contributed by atoms with Crippen molar-refractivity contribution in [3.05, 3.63) is 12.2 Å². The molecule has 0 amide bonds. The van der Waals surface area contributed by atoms with Crippen LogP contribution in [-0.2, 0) is 14.4 Å². The van der Waals surface area contributed by atoms with Crippen molar-refractivity contribution in [3.8, 4) is 0 Å². The summed E-state index contributed by atoms with van der Waals surface area (Å²) < 4.78 is 0.821. The summed E-state index contributed by atoms with van der Waals surface area (Å²) in [4.78, 5) is 33.0. The van der Waals surface area contributed by atoms with Crippen LogP contribution in [-0.4, -0.2) is 63.9 Å². The molecule has 7 nitrogen and oxygen atoms in total. The highest BCUT2D eigenvalue weighted by atomic mass is 16.4. The van der Waals surface area contributed by atoms with Crippen molar-refractivity contribution in [3.63, 3.8) is 0 Å². The Morgan fingerprint density at radius 2 is 0.762 bits per heavy atom. The lowest BCUT2D eigenvalue weighted by Gasteiger charge is -2.39. The second kappa shape index (κ2) is 29.2. The molecule has 7 heteroatoms. The minimum absolute atomic E-state index is 0.164. The van der Waals surface area contributed by atoms with Crippen molar-refractivity contribution in [1.82, 2.24) is 0 Å². The van der Waals surface area contributed by atoms with Crippen LogP contribution in [0.15, 0.2) is 12.2 Å². The number of rotatable bonds is 33. The van der Waals surface area contributed by atoms with Gasteiger partial charge < -0.3 is 19.8 Å². The molecule has 0 bridgehead atoms. The largest absolute Gasteiger partial charge is 0.481 e.